The predicted octanol–water partition coefficient (Wildman–Crippen LogP) is 3.76. The summed E-state index contributed by atoms with van der Waals surface area (Å²) in [5, 5.41) is 15.0. The average molecular weight is 287 g/mol. The van der Waals surface area contributed by atoms with Crippen LogP contribution in [0.1, 0.15) is 39.5 Å². The molecule has 104 valence electrons. The molecule has 0 aliphatic carbocycles. The molecule has 0 bridgehead atoms. The fourth-order valence-corrected chi connectivity index (χ4v) is 3.65. The van der Waals surface area contributed by atoms with E-state index < -0.39 is 0 Å². The molecule has 0 saturated heterocycles. The molecule has 1 rings (SSSR count). The predicted molar refractivity (Wildman–Crippen MR) is 82.7 cm³/mol. The number of hydrogen-bond donors (Lipinski definition) is 2. The van der Waals surface area contributed by atoms with E-state index in [1.165, 1.54) is 22.8 Å². The van der Waals surface area contributed by atoms with Gasteiger partial charge in [-0.15, -0.1) is 23.1 Å². The maximum Gasteiger partial charge on any atom is 0.0610 e. The summed E-state index contributed by atoms with van der Waals surface area (Å²) in [7, 11) is 0. The Morgan fingerprint density at radius 2 is 2.28 bits per heavy atom. The number of rotatable bonds is 10. The van der Waals surface area contributed by atoms with Gasteiger partial charge in [0.15, 0.2) is 0 Å². The molecule has 1 heterocycles. The van der Waals surface area contributed by atoms with Crippen LogP contribution in [-0.4, -0.2) is 29.5 Å². The van der Waals surface area contributed by atoms with E-state index in [9.17, 15) is 5.11 Å². The van der Waals surface area contributed by atoms with Gasteiger partial charge < -0.3 is 10.4 Å². The first kappa shape index (κ1) is 16.0. The van der Waals surface area contributed by atoms with Crippen LogP contribution in [0.3, 0.4) is 0 Å². The van der Waals surface area contributed by atoms with Gasteiger partial charge in [0, 0.05) is 5.54 Å². The van der Waals surface area contributed by atoms with Crippen molar-refractivity contribution < 1.29 is 5.11 Å². The molecule has 2 nitrogen and oxygen atoms in total. The van der Waals surface area contributed by atoms with Gasteiger partial charge in [0.1, 0.15) is 0 Å². The third-order valence-corrected chi connectivity index (χ3v) is 5.23. The third kappa shape index (κ3) is 6.23. The Morgan fingerprint density at radius 1 is 1.44 bits per heavy atom. The van der Waals surface area contributed by atoms with Gasteiger partial charge in [-0.25, -0.2) is 0 Å². The SMILES string of the molecule is CCCNC(C)(CO)CCCCSc1cccs1. The van der Waals surface area contributed by atoms with Crippen molar-refractivity contribution in [3.05, 3.63) is 17.5 Å². The molecular formula is C14H25NOS2. The number of aliphatic hydroxyl groups excluding tert-OH is 1. The van der Waals surface area contributed by atoms with Crippen LogP contribution in [0.5, 0.6) is 0 Å². The highest BCUT2D eigenvalue weighted by Crippen LogP contribution is 2.25. The minimum atomic E-state index is -0.0936. The van der Waals surface area contributed by atoms with Crippen molar-refractivity contribution in [2.75, 3.05) is 18.9 Å². The summed E-state index contributed by atoms with van der Waals surface area (Å²) in [5.41, 5.74) is -0.0936. The molecule has 1 atom stereocenters. The Labute approximate surface area is 119 Å². The molecule has 2 N–H and O–H groups in total. The molecule has 0 fully saturated rings. The second-order valence-corrected chi connectivity index (χ2v) is 7.23. The molecule has 4 heteroatoms. The van der Waals surface area contributed by atoms with E-state index in [1.54, 1.807) is 0 Å². The van der Waals surface area contributed by atoms with Gasteiger partial charge in [0.2, 0.25) is 0 Å². The van der Waals surface area contributed by atoms with Gasteiger partial charge in [-0.2, -0.15) is 0 Å². The van der Waals surface area contributed by atoms with Crippen LogP contribution < -0.4 is 5.32 Å². The van der Waals surface area contributed by atoms with Crippen LogP contribution in [0, 0.1) is 0 Å². The molecule has 0 saturated carbocycles. The van der Waals surface area contributed by atoms with E-state index in [4.69, 9.17) is 0 Å². The number of hydrogen-bond acceptors (Lipinski definition) is 4. The standard InChI is InChI=1S/C14H25NOS2/c1-3-9-15-14(2,12-16)8-4-5-10-17-13-7-6-11-18-13/h6-7,11,15-16H,3-5,8-10,12H2,1-2H3. The van der Waals surface area contributed by atoms with Crippen molar-refractivity contribution in [3.8, 4) is 0 Å². The molecule has 1 aromatic rings. The third-order valence-electron chi connectivity index (χ3n) is 3.01. The van der Waals surface area contributed by atoms with E-state index in [0.29, 0.717) is 0 Å². The van der Waals surface area contributed by atoms with Gasteiger partial charge in [0.05, 0.1) is 10.8 Å². The van der Waals surface area contributed by atoms with Crippen molar-refractivity contribution in [1.82, 2.24) is 5.32 Å². The highest BCUT2D eigenvalue weighted by Gasteiger charge is 2.21. The molecule has 0 spiro atoms. The zero-order valence-corrected chi connectivity index (χ0v) is 13.1. The fraction of sp³-hybridized carbons (Fsp3) is 0.714. The van der Waals surface area contributed by atoms with Gasteiger partial charge in [-0.1, -0.05) is 19.4 Å². The Morgan fingerprint density at radius 3 is 2.89 bits per heavy atom. The van der Waals surface area contributed by atoms with Crippen LogP contribution in [0.2, 0.25) is 0 Å². The largest absolute Gasteiger partial charge is 0.394 e. The lowest BCUT2D eigenvalue weighted by molar-refractivity contribution is 0.163. The number of nitrogens with one attached hydrogen (secondary N) is 1. The van der Waals surface area contributed by atoms with Crippen LogP contribution >= 0.6 is 23.1 Å². The average Bonchev–Trinajstić information content (AvgIpc) is 2.89. The van der Waals surface area contributed by atoms with E-state index >= 15 is 0 Å². The van der Waals surface area contributed by atoms with Crippen LogP contribution in [0.15, 0.2) is 21.7 Å². The van der Waals surface area contributed by atoms with Crippen LogP contribution in [0.4, 0.5) is 0 Å². The number of unbranched alkanes of at least 4 members (excludes halogenated alkanes) is 1. The first-order chi connectivity index (χ1) is 8.70. The second kappa shape index (κ2) is 8.97. The van der Waals surface area contributed by atoms with Gasteiger partial charge >= 0.3 is 0 Å². The van der Waals surface area contributed by atoms with Gasteiger partial charge in [0.25, 0.3) is 0 Å². The summed E-state index contributed by atoms with van der Waals surface area (Å²) in [4.78, 5) is 0. The first-order valence-corrected chi connectivity index (χ1v) is 8.59. The fourth-order valence-electron chi connectivity index (χ4n) is 1.79. The summed E-state index contributed by atoms with van der Waals surface area (Å²) in [6.45, 7) is 5.49. The lowest BCUT2D eigenvalue weighted by atomic mass is 9.96. The van der Waals surface area contributed by atoms with Crippen molar-refractivity contribution in [3.63, 3.8) is 0 Å². The van der Waals surface area contributed by atoms with Gasteiger partial charge in [-0.05, 0) is 49.9 Å². The number of thioether (sulfide) groups is 1. The molecule has 18 heavy (non-hydrogen) atoms. The quantitative estimate of drug-likeness (QED) is 0.507. The topological polar surface area (TPSA) is 32.3 Å². The van der Waals surface area contributed by atoms with Crippen LogP contribution in [-0.2, 0) is 0 Å². The molecule has 0 radical (unpaired) electrons. The summed E-state index contributed by atoms with van der Waals surface area (Å²) in [6, 6.07) is 4.28. The molecule has 0 aliphatic rings. The molecule has 0 amide bonds. The van der Waals surface area contributed by atoms with Gasteiger partial charge in [-0.3, -0.25) is 0 Å². The maximum absolute atomic E-state index is 9.45. The van der Waals surface area contributed by atoms with E-state index in [1.807, 2.05) is 23.1 Å². The zero-order chi connectivity index (χ0) is 13.3. The Hall–Kier alpha value is -0.0300. The van der Waals surface area contributed by atoms with E-state index in [-0.39, 0.29) is 12.1 Å². The summed E-state index contributed by atoms with van der Waals surface area (Å²) >= 11 is 3.75. The Balaban J connectivity index is 2.11. The van der Waals surface area contributed by atoms with E-state index in [0.717, 1.165) is 19.4 Å². The first-order valence-electron chi connectivity index (χ1n) is 6.72. The smallest absolute Gasteiger partial charge is 0.0610 e. The van der Waals surface area contributed by atoms with Crippen molar-refractivity contribution in [2.45, 2.75) is 49.3 Å². The molecule has 0 aliphatic heterocycles. The zero-order valence-electron chi connectivity index (χ0n) is 11.4. The number of thiophene rings is 1. The lowest BCUT2D eigenvalue weighted by Gasteiger charge is -2.28. The highest BCUT2D eigenvalue weighted by atomic mass is 32.2. The molecular weight excluding hydrogens is 262 g/mol. The highest BCUT2D eigenvalue weighted by molar-refractivity contribution is 8.01. The lowest BCUT2D eigenvalue weighted by Crippen LogP contribution is -2.46. The summed E-state index contributed by atoms with van der Waals surface area (Å²) < 4.78 is 1.41. The van der Waals surface area contributed by atoms with E-state index in [2.05, 4.69) is 36.7 Å². The van der Waals surface area contributed by atoms with Crippen molar-refractivity contribution >= 4 is 23.1 Å². The normalized spacial score (nSPS) is 14.6. The maximum atomic E-state index is 9.45. The number of aliphatic hydroxyl groups is 1. The summed E-state index contributed by atoms with van der Waals surface area (Å²) in [5.74, 6) is 1.18. The van der Waals surface area contributed by atoms with Crippen LogP contribution in [0.25, 0.3) is 0 Å². The van der Waals surface area contributed by atoms with Crippen molar-refractivity contribution in [1.29, 1.82) is 0 Å². The Bertz CT molecular complexity index is 303. The minimum Gasteiger partial charge on any atom is -0.394 e. The monoisotopic (exact) mass is 287 g/mol. The molecule has 0 aromatic carbocycles. The molecule has 1 unspecified atom stereocenters. The Kier molecular flexibility index (Phi) is 7.98. The molecule has 1 aromatic heterocycles. The van der Waals surface area contributed by atoms with Crippen molar-refractivity contribution in [2.24, 2.45) is 0 Å². The second-order valence-electron chi connectivity index (χ2n) is 4.88. The summed E-state index contributed by atoms with van der Waals surface area (Å²) in [6.07, 6.45) is 4.55. The minimum absolute atomic E-state index is 0.0936.